The van der Waals surface area contributed by atoms with E-state index in [4.69, 9.17) is 4.74 Å². The molecule has 1 aliphatic heterocycles. The van der Waals surface area contributed by atoms with Crippen LogP contribution in [0, 0.1) is 0 Å². The lowest BCUT2D eigenvalue weighted by Gasteiger charge is -2.18. The van der Waals surface area contributed by atoms with Crippen molar-refractivity contribution in [3.05, 3.63) is 35.4 Å². The Bertz CT molecular complexity index is 477. The molecule has 1 heterocycles. The van der Waals surface area contributed by atoms with Gasteiger partial charge in [-0.1, -0.05) is 17.7 Å². The molecule has 2 N–H and O–H groups in total. The van der Waals surface area contributed by atoms with E-state index in [1.165, 1.54) is 5.57 Å². The van der Waals surface area contributed by atoms with Crippen LogP contribution in [0.5, 0.6) is 5.75 Å². The second kappa shape index (κ2) is 5.69. The fourth-order valence-corrected chi connectivity index (χ4v) is 1.73. The van der Waals surface area contributed by atoms with Crippen molar-refractivity contribution in [2.45, 2.75) is 20.4 Å². The van der Waals surface area contributed by atoms with E-state index in [1.807, 2.05) is 18.2 Å². The molecule has 0 saturated heterocycles. The molecule has 0 saturated carbocycles. The fraction of sp³-hybridized carbons (Fsp3) is 0.357. The molecular formula is C14H18N2O2. The van der Waals surface area contributed by atoms with Gasteiger partial charge in [-0.25, -0.2) is 0 Å². The van der Waals surface area contributed by atoms with Crippen LogP contribution in [0.1, 0.15) is 19.4 Å². The first-order chi connectivity index (χ1) is 8.65. The maximum Gasteiger partial charge on any atom is 0.262 e. The molecule has 4 heteroatoms. The summed E-state index contributed by atoms with van der Waals surface area (Å²) >= 11 is 0. The number of hydrogen-bond donors (Lipinski definition) is 2. The van der Waals surface area contributed by atoms with E-state index < -0.39 is 0 Å². The number of fused-ring (bicyclic) bond motifs is 1. The number of carbonyl (C=O) groups excluding carboxylic acids is 1. The van der Waals surface area contributed by atoms with Crippen molar-refractivity contribution in [3.63, 3.8) is 0 Å². The highest BCUT2D eigenvalue weighted by Crippen LogP contribution is 2.28. The maximum absolute atomic E-state index is 11.2. The smallest absolute Gasteiger partial charge is 0.262 e. The van der Waals surface area contributed by atoms with Crippen LogP contribution in [0.15, 0.2) is 29.8 Å². The summed E-state index contributed by atoms with van der Waals surface area (Å²) in [7, 11) is 0. The monoisotopic (exact) mass is 246 g/mol. The molecule has 1 amide bonds. The van der Waals surface area contributed by atoms with Gasteiger partial charge in [-0.05, 0) is 31.5 Å². The van der Waals surface area contributed by atoms with Crippen molar-refractivity contribution in [1.29, 1.82) is 0 Å². The van der Waals surface area contributed by atoms with Gasteiger partial charge in [-0.3, -0.25) is 4.79 Å². The molecule has 18 heavy (non-hydrogen) atoms. The number of benzene rings is 1. The van der Waals surface area contributed by atoms with E-state index in [2.05, 4.69) is 30.6 Å². The van der Waals surface area contributed by atoms with Crippen LogP contribution < -0.4 is 15.4 Å². The van der Waals surface area contributed by atoms with Gasteiger partial charge >= 0.3 is 0 Å². The first-order valence-corrected chi connectivity index (χ1v) is 6.05. The normalized spacial score (nSPS) is 13.3. The quantitative estimate of drug-likeness (QED) is 0.631. The van der Waals surface area contributed by atoms with Gasteiger partial charge in [0.1, 0.15) is 5.75 Å². The molecule has 96 valence electrons. The average molecular weight is 246 g/mol. The van der Waals surface area contributed by atoms with Crippen LogP contribution in [0.2, 0.25) is 0 Å². The first kappa shape index (κ1) is 12.6. The highest BCUT2D eigenvalue weighted by Gasteiger charge is 2.15. The standard InChI is InChI=1S/C14H18N2O2/c1-10(2)5-6-15-8-11-3-4-13-12(7-11)16-14(17)9-18-13/h3-5,7,15H,6,8-9H2,1-2H3,(H,16,17). The summed E-state index contributed by atoms with van der Waals surface area (Å²) in [5, 5.41) is 6.13. The molecule has 1 aliphatic rings. The zero-order valence-corrected chi connectivity index (χ0v) is 10.7. The Morgan fingerprint density at radius 1 is 1.50 bits per heavy atom. The zero-order valence-electron chi connectivity index (χ0n) is 10.7. The lowest BCUT2D eigenvalue weighted by atomic mass is 10.1. The topological polar surface area (TPSA) is 50.4 Å². The van der Waals surface area contributed by atoms with Gasteiger partial charge in [-0.2, -0.15) is 0 Å². The average Bonchev–Trinajstić information content (AvgIpc) is 2.34. The third-order valence-electron chi connectivity index (χ3n) is 2.66. The van der Waals surface area contributed by atoms with Gasteiger partial charge in [0.25, 0.3) is 5.91 Å². The molecule has 2 rings (SSSR count). The van der Waals surface area contributed by atoms with Gasteiger partial charge in [0.05, 0.1) is 5.69 Å². The zero-order chi connectivity index (χ0) is 13.0. The van der Waals surface area contributed by atoms with Gasteiger partial charge in [-0.15, -0.1) is 0 Å². The molecule has 0 fully saturated rings. The molecule has 0 unspecified atom stereocenters. The molecule has 4 nitrogen and oxygen atoms in total. The van der Waals surface area contributed by atoms with Gasteiger partial charge in [0.15, 0.2) is 6.61 Å². The third-order valence-corrected chi connectivity index (χ3v) is 2.66. The van der Waals surface area contributed by atoms with E-state index in [0.29, 0.717) is 0 Å². The third kappa shape index (κ3) is 3.34. The Hall–Kier alpha value is -1.81. The van der Waals surface area contributed by atoms with Crippen molar-refractivity contribution in [2.75, 3.05) is 18.5 Å². The SMILES string of the molecule is CC(C)=CCNCc1ccc2c(c1)NC(=O)CO2. The van der Waals surface area contributed by atoms with Crippen molar-refractivity contribution in [2.24, 2.45) is 0 Å². The Morgan fingerprint density at radius 3 is 3.11 bits per heavy atom. The lowest BCUT2D eigenvalue weighted by Crippen LogP contribution is -2.25. The minimum atomic E-state index is -0.0999. The van der Waals surface area contributed by atoms with Gasteiger partial charge in [0, 0.05) is 13.1 Å². The second-order valence-electron chi connectivity index (χ2n) is 4.58. The van der Waals surface area contributed by atoms with E-state index in [9.17, 15) is 4.79 Å². The van der Waals surface area contributed by atoms with Crippen molar-refractivity contribution in [3.8, 4) is 5.75 Å². The summed E-state index contributed by atoms with van der Waals surface area (Å²) in [6.07, 6.45) is 2.14. The number of rotatable bonds is 4. The fourth-order valence-electron chi connectivity index (χ4n) is 1.73. The van der Waals surface area contributed by atoms with E-state index in [0.717, 1.165) is 30.1 Å². The van der Waals surface area contributed by atoms with E-state index >= 15 is 0 Å². The predicted molar refractivity (Wildman–Crippen MR) is 71.7 cm³/mol. The van der Waals surface area contributed by atoms with Gasteiger partial charge in [0.2, 0.25) is 0 Å². The van der Waals surface area contributed by atoms with Crippen molar-refractivity contribution < 1.29 is 9.53 Å². The van der Waals surface area contributed by atoms with Crippen molar-refractivity contribution in [1.82, 2.24) is 5.32 Å². The summed E-state index contributed by atoms with van der Waals surface area (Å²) in [6, 6.07) is 5.85. The molecule has 1 aromatic carbocycles. The molecule has 0 spiro atoms. The van der Waals surface area contributed by atoms with Gasteiger partial charge < -0.3 is 15.4 Å². The summed E-state index contributed by atoms with van der Waals surface area (Å²) < 4.78 is 5.31. The van der Waals surface area contributed by atoms with Crippen LogP contribution in [-0.2, 0) is 11.3 Å². The molecule has 0 radical (unpaired) electrons. The molecule has 0 atom stereocenters. The molecule has 1 aromatic rings. The van der Waals surface area contributed by atoms with Crippen LogP contribution in [0.4, 0.5) is 5.69 Å². The number of anilines is 1. The summed E-state index contributed by atoms with van der Waals surface area (Å²) in [4.78, 5) is 11.2. The Balaban J connectivity index is 1.96. The number of nitrogens with one attached hydrogen (secondary N) is 2. The second-order valence-corrected chi connectivity index (χ2v) is 4.58. The molecule has 0 aromatic heterocycles. The summed E-state index contributed by atoms with van der Waals surface area (Å²) in [6.45, 7) is 5.88. The molecule has 0 bridgehead atoms. The summed E-state index contributed by atoms with van der Waals surface area (Å²) in [5.41, 5.74) is 3.18. The van der Waals surface area contributed by atoms with E-state index in [-0.39, 0.29) is 12.5 Å². The Morgan fingerprint density at radius 2 is 2.33 bits per heavy atom. The lowest BCUT2D eigenvalue weighted by molar-refractivity contribution is -0.118. The highest BCUT2D eigenvalue weighted by atomic mass is 16.5. The molecular weight excluding hydrogens is 228 g/mol. The van der Waals surface area contributed by atoms with Crippen molar-refractivity contribution >= 4 is 11.6 Å². The minimum Gasteiger partial charge on any atom is -0.482 e. The molecule has 0 aliphatic carbocycles. The number of amides is 1. The summed E-state index contributed by atoms with van der Waals surface area (Å²) in [5.74, 6) is 0.639. The number of allylic oxidation sites excluding steroid dienone is 1. The Labute approximate surface area is 107 Å². The number of carbonyl (C=O) groups is 1. The highest BCUT2D eigenvalue weighted by molar-refractivity contribution is 5.95. The van der Waals surface area contributed by atoms with Crippen LogP contribution in [0.3, 0.4) is 0 Å². The largest absolute Gasteiger partial charge is 0.482 e. The van der Waals surface area contributed by atoms with Crippen LogP contribution in [-0.4, -0.2) is 19.1 Å². The minimum absolute atomic E-state index is 0.0999. The first-order valence-electron chi connectivity index (χ1n) is 6.05. The predicted octanol–water partition coefficient (Wildman–Crippen LogP) is 2.07. The van der Waals surface area contributed by atoms with Crippen LogP contribution in [0.25, 0.3) is 0 Å². The number of ether oxygens (including phenoxy) is 1. The Kier molecular flexibility index (Phi) is 3.99. The number of hydrogen-bond acceptors (Lipinski definition) is 3. The van der Waals surface area contributed by atoms with Crippen LogP contribution >= 0.6 is 0 Å². The maximum atomic E-state index is 11.2. The van der Waals surface area contributed by atoms with E-state index in [1.54, 1.807) is 0 Å².